The standard InChI is InChI=1S/C12H12N4O/c1-15-9-14-16(12(15)17)8-11(7-13)10-5-3-2-4-6-10/h2-6,9,11H,8H2,1H3. The molecule has 2 aromatic rings. The molecule has 0 N–H and O–H groups in total. The fraction of sp³-hybridized carbons (Fsp3) is 0.250. The Morgan fingerprint density at radius 2 is 2.12 bits per heavy atom. The van der Waals surface area contributed by atoms with E-state index in [0.29, 0.717) is 0 Å². The summed E-state index contributed by atoms with van der Waals surface area (Å²) in [6.45, 7) is 0.278. The maximum atomic E-state index is 11.6. The molecule has 0 saturated heterocycles. The van der Waals surface area contributed by atoms with Crippen molar-refractivity contribution < 1.29 is 0 Å². The van der Waals surface area contributed by atoms with E-state index >= 15 is 0 Å². The molecule has 0 amide bonds. The van der Waals surface area contributed by atoms with Crippen LogP contribution in [0.2, 0.25) is 0 Å². The van der Waals surface area contributed by atoms with Crippen molar-refractivity contribution in [1.29, 1.82) is 5.26 Å². The predicted octanol–water partition coefficient (Wildman–Crippen LogP) is 0.889. The Bertz CT molecular complexity index is 591. The van der Waals surface area contributed by atoms with Crippen LogP contribution in [0.3, 0.4) is 0 Å². The van der Waals surface area contributed by atoms with Crippen molar-refractivity contribution in [2.45, 2.75) is 12.5 Å². The van der Waals surface area contributed by atoms with Crippen molar-refractivity contribution in [3.8, 4) is 6.07 Å². The minimum Gasteiger partial charge on any atom is -0.285 e. The maximum Gasteiger partial charge on any atom is 0.345 e. The topological polar surface area (TPSA) is 63.6 Å². The van der Waals surface area contributed by atoms with Crippen LogP contribution in [0, 0.1) is 11.3 Å². The molecule has 5 heteroatoms. The molecule has 1 unspecified atom stereocenters. The van der Waals surface area contributed by atoms with E-state index in [-0.39, 0.29) is 18.2 Å². The van der Waals surface area contributed by atoms with E-state index in [2.05, 4.69) is 11.2 Å². The fourth-order valence-electron chi connectivity index (χ4n) is 1.62. The van der Waals surface area contributed by atoms with Gasteiger partial charge in [-0.05, 0) is 5.56 Å². The number of hydrogen-bond donors (Lipinski definition) is 0. The van der Waals surface area contributed by atoms with Gasteiger partial charge in [0, 0.05) is 7.05 Å². The molecular weight excluding hydrogens is 216 g/mol. The predicted molar refractivity (Wildman–Crippen MR) is 62.3 cm³/mol. The average Bonchev–Trinajstić information content (AvgIpc) is 2.68. The van der Waals surface area contributed by atoms with Crippen molar-refractivity contribution in [2.75, 3.05) is 0 Å². The first-order valence-electron chi connectivity index (χ1n) is 5.25. The minimum absolute atomic E-state index is 0.207. The minimum atomic E-state index is -0.358. The zero-order valence-electron chi connectivity index (χ0n) is 9.45. The van der Waals surface area contributed by atoms with E-state index in [9.17, 15) is 4.79 Å². The maximum absolute atomic E-state index is 11.6. The number of aromatic nitrogens is 3. The Labute approximate surface area is 98.5 Å². The Morgan fingerprint density at radius 3 is 2.65 bits per heavy atom. The van der Waals surface area contributed by atoms with Gasteiger partial charge in [-0.15, -0.1) is 0 Å². The first-order chi connectivity index (χ1) is 8.22. The molecule has 86 valence electrons. The lowest BCUT2D eigenvalue weighted by Crippen LogP contribution is -2.25. The van der Waals surface area contributed by atoms with Crippen LogP contribution in [0.4, 0.5) is 0 Å². The zero-order valence-corrected chi connectivity index (χ0v) is 9.45. The molecule has 1 atom stereocenters. The number of nitriles is 1. The van der Waals surface area contributed by atoms with Crippen LogP contribution in [0.5, 0.6) is 0 Å². The van der Waals surface area contributed by atoms with Gasteiger partial charge < -0.3 is 0 Å². The summed E-state index contributed by atoms with van der Waals surface area (Å²) in [7, 11) is 1.63. The number of aryl methyl sites for hydroxylation is 1. The summed E-state index contributed by atoms with van der Waals surface area (Å²) < 4.78 is 2.69. The summed E-state index contributed by atoms with van der Waals surface area (Å²) in [6.07, 6.45) is 1.45. The molecule has 0 aliphatic rings. The molecule has 1 heterocycles. The highest BCUT2D eigenvalue weighted by atomic mass is 16.2. The highest BCUT2D eigenvalue weighted by molar-refractivity contribution is 5.24. The second-order valence-corrected chi connectivity index (χ2v) is 3.80. The molecule has 0 radical (unpaired) electrons. The van der Waals surface area contributed by atoms with Crippen molar-refractivity contribution in [1.82, 2.24) is 14.3 Å². The summed E-state index contributed by atoms with van der Waals surface area (Å²) in [4.78, 5) is 11.6. The molecule has 1 aromatic heterocycles. The molecule has 0 bridgehead atoms. The molecule has 0 saturated carbocycles. The lowest BCUT2D eigenvalue weighted by atomic mass is 10.0. The lowest BCUT2D eigenvalue weighted by Gasteiger charge is -2.08. The number of benzene rings is 1. The van der Waals surface area contributed by atoms with Crippen molar-refractivity contribution in [2.24, 2.45) is 7.05 Å². The first-order valence-corrected chi connectivity index (χ1v) is 5.25. The van der Waals surface area contributed by atoms with Crippen LogP contribution >= 0.6 is 0 Å². The third-order valence-corrected chi connectivity index (χ3v) is 2.60. The Kier molecular flexibility index (Phi) is 3.06. The Hall–Kier alpha value is -2.35. The van der Waals surface area contributed by atoms with Crippen molar-refractivity contribution in [3.63, 3.8) is 0 Å². The Morgan fingerprint density at radius 1 is 1.41 bits per heavy atom. The van der Waals surface area contributed by atoms with Crippen molar-refractivity contribution >= 4 is 0 Å². The van der Waals surface area contributed by atoms with E-state index in [1.807, 2.05) is 30.3 Å². The number of nitrogens with zero attached hydrogens (tertiary/aromatic N) is 4. The summed E-state index contributed by atoms with van der Waals surface area (Å²) in [5, 5.41) is 13.1. The molecule has 2 rings (SSSR count). The van der Waals surface area contributed by atoms with Crippen molar-refractivity contribution in [3.05, 3.63) is 52.7 Å². The molecule has 5 nitrogen and oxygen atoms in total. The molecular formula is C12H12N4O. The van der Waals surface area contributed by atoms with Crippen LogP contribution in [0.15, 0.2) is 41.5 Å². The van der Waals surface area contributed by atoms with Gasteiger partial charge in [0.15, 0.2) is 0 Å². The van der Waals surface area contributed by atoms with Gasteiger partial charge in [-0.2, -0.15) is 10.4 Å². The van der Waals surface area contributed by atoms with Crippen LogP contribution in [-0.4, -0.2) is 14.3 Å². The van der Waals surface area contributed by atoms with Gasteiger partial charge in [0.05, 0.1) is 18.5 Å². The molecule has 0 spiro atoms. The monoisotopic (exact) mass is 228 g/mol. The summed E-state index contributed by atoms with van der Waals surface area (Å²) >= 11 is 0. The SMILES string of the molecule is Cn1cnn(CC(C#N)c2ccccc2)c1=O. The van der Waals surface area contributed by atoms with E-state index in [1.165, 1.54) is 15.6 Å². The molecule has 17 heavy (non-hydrogen) atoms. The van der Waals surface area contributed by atoms with E-state index in [0.717, 1.165) is 5.56 Å². The van der Waals surface area contributed by atoms with Gasteiger partial charge >= 0.3 is 5.69 Å². The largest absolute Gasteiger partial charge is 0.345 e. The van der Waals surface area contributed by atoms with Crippen LogP contribution in [0.25, 0.3) is 0 Å². The molecule has 0 fully saturated rings. The number of rotatable bonds is 3. The average molecular weight is 228 g/mol. The van der Waals surface area contributed by atoms with Gasteiger partial charge in [0.1, 0.15) is 6.33 Å². The molecule has 1 aromatic carbocycles. The summed E-state index contributed by atoms with van der Waals surface area (Å²) in [5.74, 6) is -0.358. The lowest BCUT2D eigenvalue weighted by molar-refractivity contribution is 0.554. The zero-order chi connectivity index (χ0) is 12.3. The first kappa shape index (κ1) is 11.1. The second kappa shape index (κ2) is 4.66. The third-order valence-electron chi connectivity index (χ3n) is 2.60. The van der Waals surface area contributed by atoms with Gasteiger partial charge in [-0.3, -0.25) is 4.57 Å². The van der Waals surface area contributed by atoms with Crippen LogP contribution in [-0.2, 0) is 13.6 Å². The van der Waals surface area contributed by atoms with Gasteiger partial charge in [0.25, 0.3) is 0 Å². The fourth-order valence-corrected chi connectivity index (χ4v) is 1.62. The van der Waals surface area contributed by atoms with E-state index in [1.54, 1.807) is 7.05 Å². The second-order valence-electron chi connectivity index (χ2n) is 3.80. The number of hydrogen-bond acceptors (Lipinski definition) is 3. The van der Waals surface area contributed by atoms with Crippen LogP contribution in [0.1, 0.15) is 11.5 Å². The van der Waals surface area contributed by atoms with Gasteiger partial charge in [0.2, 0.25) is 0 Å². The highest BCUT2D eigenvalue weighted by Gasteiger charge is 2.13. The third kappa shape index (κ3) is 2.26. The van der Waals surface area contributed by atoms with Crippen LogP contribution < -0.4 is 5.69 Å². The van der Waals surface area contributed by atoms with E-state index < -0.39 is 0 Å². The molecule has 0 aliphatic heterocycles. The smallest absolute Gasteiger partial charge is 0.285 e. The quantitative estimate of drug-likeness (QED) is 0.783. The Balaban J connectivity index is 2.26. The normalized spacial score (nSPS) is 12.0. The highest BCUT2D eigenvalue weighted by Crippen LogP contribution is 2.15. The molecule has 0 aliphatic carbocycles. The van der Waals surface area contributed by atoms with Gasteiger partial charge in [-0.1, -0.05) is 30.3 Å². The summed E-state index contributed by atoms with van der Waals surface area (Å²) in [6, 6.07) is 11.6. The summed E-state index contributed by atoms with van der Waals surface area (Å²) in [5.41, 5.74) is 0.689. The van der Waals surface area contributed by atoms with Gasteiger partial charge in [-0.25, -0.2) is 9.48 Å². The van der Waals surface area contributed by atoms with E-state index in [4.69, 9.17) is 5.26 Å².